The van der Waals surface area contributed by atoms with E-state index in [1.807, 2.05) is 32.0 Å². The Morgan fingerprint density at radius 2 is 1.72 bits per heavy atom. The molecule has 0 saturated heterocycles. The Kier molecular flexibility index (Phi) is 7.13. The number of aryl methyl sites for hydroxylation is 2. The van der Waals surface area contributed by atoms with Crippen LogP contribution in [0.5, 0.6) is 11.5 Å². The molecule has 1 saturated carbocycles. The number of ether oxygens (including phenoxy) is 2. The number of fused-ring (bicyclic) bond motifs is 1. The Morgan fingerprint density at radius 1 is 1.00 bits per heavy atom. The van der Waals surface area contributed by atoms with E-state index in [-0.39, 0.29) is 11.9 Å². The molecule has 0 aromatic heterocycles. The van der Waals surface area contributed by atoms with Crippen LogP contribution in [0.25, 0.3) is 11.1 Å². The molecule has 36 heavy (non-hydrogen) atoms. The summed E-state index contributed by atoms with van der Waals surface area (Å²) in [5, 5.41) is 9.96. The Balaban J connectivity index is 1.41. The van der Waals surface area contributed by atoms with Gasteiger partial charge in [0.25, 0.3) is 0 Å². The first kappa shape index (κ1) is 24.5. The molecule has 0 N–H and O–H groups in total. The van der Waals surface area contributed by atoms with Crippen molar-refractivity contribution in [3.63, 3.8) is 0 Å². The fourth-order valence-corrected chi connectivity index (χ4v) is 5.69. The molecule has 5 rings (SSSR count). The summed E-state index contributed by atoms with van der Waals surface area (Å²) < 4.78 is 33.7. The van der Waals surface area contributed by atoms with Crippen LogP contribution >= 0.6 is 0 Å². The van der Waals surface area contributed by atoms with Crippen molar-refractivity contribution < 1.29 is 18.2 Å². The van der Waals surface area contributed by atoms with Gasteiger partial charge >= 0.3 is 0 Å². The highest BCUT2D eigenvalue weighted by Crippen LogP contribution is 2.45. The first-order valence-corrected chi connectivity index (χ1v) is 13.8. The van der Waals surface area contributed by atoms with Crippen LogP contribution in [-0.4, -0.2) is 21.1 Å². The van der Waals surface area contributed by atoms with Crippen molar-refractivity contribution in [2.45, 2.75) is 58.0 Å². The highest BCUT2D eigenvalue weighted by molar-refractivity contribution is 7.79. The van der Waals surface area contributed by atoms with Crippen LogP contribution < -0.4 is 9.47 Å². The molecule has 2 aliphatic carbocycles. The minimum absolute atomic E-state index is 0.0342. The Labute approximate surface area is 215 Å². The molecule has 3 aromatic rings. The van der Waals surface area contributed by atoms with Crippen LogP contribution in [0.1, 0.15) is 71.1 Å². The maximum atomic E-state index is 10.7. The van der Waals surface area contributed by atoms with Gasteiger partial charge in [-0.1, -0.05) is 29.3 Å². The molecule has 0 radical (unpaired) electrons. The van der Waals surface area contributed by atoms with Gasteiger partial charge in [-0.05, 0) is 116 Å². The van der Waals surface area contributed by atoms with Crippen molar-refractivity contribution in [2.75, 3.05) is 12.4 Å². The second-order valence-corrected chi connectivity index (χ2v) is 10.8. The summed E-state index contributed by atoms with van der Waals surface area (Å²) in [6.07, 6.45) is 4.72. The third-order valence-electron chi connectivity index (χ3n) is 7.16. The molecule has 0 amide bonds. The molecule has 2 unspecified atom stereocenters. The quantitative estimate of drug-likeness (QED) is 0.250. The molecular weight excluding hydrogens is 470 g/mol. The van der Waals surface area contributed by atoms with Gasteiger partial charge in [-0.15, -0.1) is 0 Å². The zero-order valence-corrected chi connectivity index (χ0v) is 21.5. The van der Waals surface area contributed by atoms with Crippen LogP contribution in [0.15, 0.2) is 48.5 Å². The standard InChI is InChI=1S/C30H31NO4S/c1-19-16-25(34-14-3-15-36(32)33)17-20(2)29(19)30-23(18-31)8-11-26-27(30)12-13-28(26)35-24-9-6-22(7-10-24)21-4-5-21/h6-11,16-17,21,28H,3-5,12-15H2,1-2H3,(H,32,33)/p-1. The maximum Gasteiger partial charge on any atom is 0.124 e. The summed E-state index contributed by atoms with van der Waals surface area (Å²) in [6.45, 7) is 4.41. The molecule has 0 heterocycles. The lowest BCUT2D eigenvalue weighted by atomic mass is 9.87. The fraction of sp³-hybridized carbons (Fsp3) is 0.367. The van der Waals surface area contributed by atoms with Crippen LogP contribution in [0.3, 0.4) is 0 Å². The second kappa shape index (κ2) is 10.5. The van der Waals surface area contributed by atoms with Crippen LogP contribution in [0.2, 0.25) is 0 Å². The lowest BCUT2D eigenvalue weighted by molar-refractivity contribution is 0.207. The lowest BCUT2D eigenvalue weighted by Crippen LogP contribution is -2.05. The van der Waals surface area contributed by atoms with Gasteiger partial charge in [0.05, 0.1) is 18.2 Å². The van der Waals surface area contributed by atoms with Gasteiger partial charge in [0.2, 0.25) is 0 Å². The topological polar surface area (TPSA) is 82.4 Å². The number of hydrogen-bond acceptors (Lipinski definition) is 5. The van der Waals surface area contributed by atoms with Crippen LogP contribution in [0.4, 0.5) is 0 Å². The van der Waals surface area contributed by atoms with Crippen LogP contribution in [0, 0.1) is 25.2 Å². The van der Waals surface area contributed by atoms with E-state index in [0.29, 0.717) is 24.3 Å². The third-order valence-corrected chi connectivity index (χ3v) is 7.78. The summed E-state index contributed by atoms with van der Waals surface area (Å²) in [7, 11) is 0. The van der Waals surface area contributed by atoms with E-state index in [4.69, 9.17) is 9.47 Å². The predicted octanol–water partition coefficient (Wildman–Crippen LogP) is 6.43. The number of nitrogens with zero attached hydrogens (tertiary/aromatic N) is 1. The highest BCUT2D eigenvalue weighted by Gasteiger charge is 2.30. The number of hydrogen-bond donors (Lipinski definition) is 0. The van der Waals surface area contributed by atoms with E-state index >= 15 is 0 Å². The van der Waals surface area contributed by atoms with Crippen molar-refractivity contribution in [3.8, 4) is 28.7 Å². The van der Waals surface area contributed by atoms with E-state index in [1.165, 1.54) is 24.0 Å². The number of benzene rings is 3. The van der Waals surface area contributed by atoms with Gasteiger partial charge in [-0.2, -0.15) is 5.26 Å². The van der Waals surface area contributed by atoms with E-state index in [1.54, 1.807) is 0 Å². The third kappa shape index (κ3) is 5.18. The summed E-state index contributed by atoms with van der Waals surface area (Å²) >= 11 is -2.05. The molecule has 186 valence electrons. The molecular formula is C30H30NO4S-. The molecule has 5 nitrogen and oxygen atoms in total. The van der Waals surface area contributed by atoms with E-state index in [2.05, 4.69) is 36.4 Å². The zero-order valence-electron chi connectivity index (χ0n) is 20.7. The SMILES string of the molecule is Cc1cc(OCCCS(=O)[O-])cc(C)c1-c1c(C#N)ccc2c1CCC2Oc1ccc(C2CC2)cc1. The molecule has 0 aliphatic heterocycles. The highest BCUT2D eigenvalue weighted by atomic mass is 32.2. The van der Waals surface area contributed by atoms with Gasteiger partial charge in [-0.25, -0.2) is 0 Å². The normalized spacial score (nSPS) is 17.3. The lowest BCUT2D eigenvalue weighted by Gasteiger charge is -2.19. The monoisotopic (exact) mass is 500 g/mol. The van der Waals surface area contributed by atoms with Crippen molar-refractivity contribution in [3.05, 3.63) is 81.9 Å². The molecule has 3 aromatic carbocycles. The first-order valence-electron chi connectivity index (χ1n) is 12.6. The van der Waals surface area contributed by atoms with E-state index in [9.17, 15) is 14.0 Å². The summed E-state index contributed by atoms with van der Waals surface area (Å²) in [4.78, 5) is 0. The minimum atomic E-state index is -2.05. The van der Waals surface area contributed by atoms with Crippen molar-refractivity contribution in [1.82, 2.24) is 0 Å². The molecule has 2 aliphatic rings. The second-order valence-electron chi connectivity index (χ2n) is 9.80. The van der Waals surface area contributed by atoms with Crippen molar-refractivity contribution in [2.24, 2.45) is 0 Å². The molecule has 0 spiro atoms. The fourth-order valence-electron chi connectivity index (χ4n) is 5.33. The first-order chi connectivity index (χ1) is 17.4. The smallest absolute Gasteiger partial charge is 0.124 e. The van der Waals surface area contributed by atoms with E-state index < -0.39 is 11.1 Å². The number of nitriles is 1. The Morgan fingerprint density at radius 3 is 2.36 bits per heavy atom. The van der Waals surface area contributed by atoms with E-state index in [0.717, 1.165) is 52.3 Å². The van der Waals surface area contributed by atoms with Gasteiger partial charge in [0.1, 0.15) is 17.6 Å². The maximum absolute atomic E-state index is 10.7. The van der Waals surface area contributed by atoms with Gasteiger partial charge in [0.15, 0.2) is 0 Å². The Bertz CT molecular complexity index is 1320. The summed E-state index contributed by atoms with van der Waals surface area (Å²) in [5.74, 6) is 2.42. The predicted molar refractivity (Wildman–Crippen MR) is 140 cm³/mol. The number of rotatable bonds is 9. The molecule has 1 fully saturated rings. The molecule has 2 atom stereocenters. The minimum Gasteiger partial charge on any atom is -0.772 e. The summed E-state index contributed by atoms with van der Waals surface area (Å²) in [6, 6.07) is 18.8. The Hall–Kier alpha value is -3.14. The van der Waals surface area contributed by atoms with Gasteiger partial charge < -0.3 is 14.0 Å². The summed E-state index contributed by atoms with van der Waals surface area (Å²) in [5.41, 5.74) is 8.52. The van der Waals surface area contributed by atoms with Crippen molar-refractivity contribution >= 4 is 11.1 Å². The van der Waals surface area contributed by atoms with Crippen molar-refractivity contribution in [1.29, 1.82) is 5.26 Å². The van der Waals surface area contributed by atoms with Gasteiger partial charge in [-0.3, -0.25) is 4.21 Å². The molecule has 0 bridgehead atoms. The van der Waals surface area contributed by atoms with Gasteiger partial charge in [0, 0.05) is 11.3 Å². The largest absolute Gasteiger partial charge is 0.772 e. The average molecular weight is 501 g/mol. The zero-order chi connectivity index (χ0) is 25.2. The average Bonchev–Trinajstić information content (AvgIpc) is 3.63. The molecule has 6 heteroatoms. The van der Waals surface area contributed by atoms with Crippen LogP contribution in [-0.2, 0) is 17.5 Å².